The van der Waals surface area contributed by atoms with E-state index in [2.05, 4.69) is 9.88 Å². The molecule has 0 radical (unpaired) electrons. The number of nitrogens with two attached hydrogens (primary N) is 1. The molecule has 0 bridgehead atoms. The van der Waals surface area contributed by atoms with Crippen LogP contribution in [0.25, 0.3) is 0 Å². The number of anilines is 1. The number of carbonyl (C=O) groups is 2. The molecule has 2 aliphatic rings. The van der Waals surface area contributed by atoms with Crippen LogP contribution in [0.5, 0.6) is 5.75 Å². The van der Waals surface area contributed by atoms with Crippen LogP contribution in [0.4, 0.5) is 5.82 Å². The first-order chi connectivity index (χ1) is 15.5. The second-order valence-electron chi connectivity index (χ2n) is 8.39. The Bertz CT molecular complexity index is 934. The van der Waals surface area contributed by atoms with E-state index in [0.717, 1.165) is 50.9 Å². The van der Waals surface area contributed by atoms with E-state index in [1.807, 2.05) is 28.5 Å². The quantitative estimate of drug-likeness (QED) is 0.665. The number of nitrogen functional groups attached to an aromatic ring is 1. The maximum Gasteiger partial charge on any atom is 0.351 e. The SMILES string of the molecule is COC(=O)c1sccc1OC1CCN(C(=O)C2CCN(Cc3ccnc(N)c3)CC2)CC1. The number of nitrogens with zero attached hydrogens (tertiary/aromatic N) is 3. The summed E-state index contributed by atoms with van der Waals surface area (Å²) in [5.74, 6) is 1.10. The van der Waals surface area contributed by atoms with E-state index in [1.165, 1.54) is 18.4 Å². The summed E-state index contributed by atoms with van der Waals surface area (Å²) in [6, 6.07) is 5.71. The van der Waals surface area contributed by atoms with Crippen LogP contribution < -0.4 is 10.5 Å². The van der Waals surface area contributed by atoms with Gasteiger partial charge in [0.05, 0.1) is 7.11 Å². The van der Waals surface area contributed by atoms with Crippen molar-refractivity contribution in [3.8, 4) is 5.75 Å². The Morgan fingerprint density at radius 2 is 1.91 bits per heavy atom. The van der Waals surface area contributed by atoms with Gasteiger partial charge in [0.15, 0.2) is 4.88 Å². The molecular weight excluding hydrogens is 428 g/mol. The van der Waals surface area contributed by atoms with Crippen molar-refractivity contribution in [2.45, 2.75) is 38.3 Å². The third-order valence-corrected chi connectivity index (χ3v) is 7.11. The van der Waals surface area contributed by atoms with Crippen molar-refractivity contribution >= 4 is 29.0 Å². The lowest BCUT2D eigenvalue weighted by atomic mass is 9.94. The maximum atomic E-state index is 13.1. The highest BCUT2D eigenvalue weighted by Crippen LogP contribution is 2.29. The van der Waals surface area contributed by atoms with Crippen LogP contribution in [0.15, 0.2) is 29.8 Å². The number of hydrogen-bond donors (Lipinski definition) is 1. The summed E-state index contributed by atoms with van der Waals surface area (Å²) in [5, 5.41) is 1.83. The topological polar surface area (TPSA) is 98.0 Å². The van der Waals surface area contributed by atoms with E-state index >= 15 is 0 Å². The lowest BCUT2D eigenvalue weighted by Gasteiger charge is -2.37. The van der Waals surface area contributed by atoms with E-state index in [-0.39, 0.29) is 23.9 Å². The molecule has 32 heavy (non-hydrogen) atoms. The molecule has 1 amide bonds. The van der Waals surface area contributed by atoms with Gasteiger partial charge >= 0.3 is 5.97 Å². The van der Waals surface area contributed by atoms with Crippen molar-refractivity contribution < 1.29 is 19.1 Å². The van der Waals surface area contributed by atoms with E-state index < -0.39 is 0 Å². The van der Waals surface area contributed by atoms with Gasteiger partial charge in [0, 0.05) is 44.6 Å². The molecule has 2 aromatic rings. The van der Waals surface area contributed by atoms with Crippen LogP contribution >= 0.6 is 11.3 Å². The first-order valence-electron chi connectivity index (χ1n) is 11.1. The average molecular weight is 459 g/mol. The normalized spacial score (nSPS) is 18.5. The standard InChI is InChI=1S/C23H30N4O4S/c1-30-23(29)21-19(7-13-32-21)31-18-5-11-27(12-6-18)22(28)17-3-9-26(10-4-17)15-16-2-8-25-20(24)14-16/h2,7-8,13-14,17-18H,3-6,9-12,15H2,1H3,(H2,24,25). The van der Waals surface area contributed by atoms with Gasteiger partial charge in [-0.2, -0.15) is 0 Å². The molecule has 2 saturated heterocycles. The van der Waals surface area contributed by atoms with Crippen molar-refractivity contribution in [3.05, 3.63) is 40.2 Å². The van der Waals surface area contributed by atoms with Crippen LogP contribution in [-0.4, -0.2) is 66.1 Å². The third kappa shape index (κ3) is 5.39. The highest BCUT2D eigenvalue weighted by molar-refractivity contribution is 7.12. The molecule has 2 N–H and O–H groups in total. The summed E-state index contributed by atoms with van der Waals surface area (Å²) in [6.07, 6.45) is 5.05. The molecular formula is C23H30N4O4S. The first-order valence-corrected chi connectivity index (χ1v) is 12.0. The number of aromatic nitrogens is 1. The Morgan fingerprint density at radius 3 is 2.59 bits per heavy atom. The van der Waals surface area contributed by atoms with Gasteiger partial charge in [0.1, 0.15) is 17.7 Å². The molecule has 4 rings (SSSR count). The van der Waals surface area contributed by atoms with E-state index in [4.69, 9.17) is 15.2 Å². The first kappa shape index (κ1) is 22.5. The van der Waals surface area contributed by atoms with Gasteiger partial charge in [-0.15, -0.1) is 11.3 Å². The number of thiophene rings is 1. The minimum absolute atomic E-state index is 0.00621. The molecule has 8 nitrogen and oxygen atoms in total. The molecule has 2 aromatic heterocycles. The van der Waals surface area contributed by atoms with Crippen LogP contribution in [-0.2, 0) is 16.1 Å². The van der Waals surface area contributed by atoms with Crippen molar-refractivity contribution in [2.24, 2.45) is 5.92 Å². The number of hydrogen-bond acceptors (Lipinski definition) is 8. The minimum Gasteiger partial charge on any atom is -0.488 e. The summed E-state index contributed by atoms with van der Waals surface area (Å²) in [7, 11) is 1.37. The zero-order chi connectivity index (χ0) is 22.5. The molecule has 4 heterocycles. The highest BCUT2D eigenvalue weighted by atomic mass is 32.1. The zero-order valence-electron chi connectivity index (χ0n) is 18.4. The Hall–Kier alpha value is -2.65. The summed E-state index contributed by atoms with van der Waals surface area (Å²) < 4.78 is 10.9. The Kier molecular flexibility index (Phi) is 7.26. The van der Waals surface area contributed by atoms with E-state index in [9.17, 15) is 9.59 Å². The van der Waals surface area contributed by atoms with Gasteiger partial charge in [-0.1, -0.05) is 0 Å². The lowest BCUT2D eigenvalue weighted by molar-refractivity contribution is -0.139. The molecule has 0 aromatic carbocycles. The number of ether oxygens (including phenoxy) is 2. The fourth-order valence-electron chi connectivity index (χ4n) is 4.45. The van der Waals surface area contributed by atoms with Crippen molar-refractivity contribution in [3.63, 3.8) is 0 Å². The van der Waals surface area contributed by atoms with Crippen molar-refractivity contribution in [1.29, 1.82) is 0 Å². The number of carbonyl (C=O) groups excluding carboxylic acids is 2. The monoisotopic (exact) mass is 458 g/mol. The molecule has 0 atom stereocenters. The van der Waals surface area contributed by atoms with Gasteiger partial charge < -0.3 is 20.1 Å². The number of esters is 1. The molecule has 172 valence electrons. The number of amides is 1. The van der Waals surface area contributed by atoms with Crippen LogP contribution in [0.2, 0.25) is 0 Å². The Labute approximate surface area is 192 Å². The van der Waals surface area contributed by atoms with Gasteiger partial charge in [0.2, 0.25) is 5.91 Å². The second kappa shape index (κ2) is 10.3. The average Bonchev–Trinajstić information content (AvgIpc) is 3.27. The summed E-state index contributed by atoms with van der Waals surface area (Å²) in [4.78, 5) is 33.8. The molecule has 2 aliphatic heterocycles. The van der Waals surface area contributed by atoms with Crippen LogP contribution in [0.3, 0.4) is 0 Å². The molecule has 2 fully saturated rings. The predicted octanol–water partition coefficient (Wildman–Crippen LogP) is 2.79. The molecule has 0 unspecified atom stereocenters. The maximum absolute atomic E-state index is 13.1. The zero-order valence-corrected chi connectivity index (χ0v) is 19.2. The second-order valence-corrected chi connectivity index (χ2v) is 9.30. The van der Waals surface area contributed by atoms with Gasteiger partial charge in [-0.3, -0.25) is 9.69 Å². The van der Waals surface area contributed by atoms with Crippen LogP contribution in [0, 0.1) is 5.92 Å². The fourth-order valence-corrected chi connectivity index (χ4v) is 5.19. The number of rotatable bonds is 6. The summed E-state index contributed by atoms with van der Waals surface area (Å²) in [5.41, 5.74) is 6.93. The predicted molar refractivity (Wildman–Crippen MR) is 123 cm³/mol. The summed E-state index contributed by atoms with van der Waals surface area (Å²) in [6.45, 7) is 4.04. The molecule has 0 spiro atoms. The number of pyridine rings is 1. The number of methoxy groups -OCH3 is 1. The fraction of sp³-hybridized carbons (Fsp3) is 0.522. The highest BCUT2D eigenvalue weighted by Gasteiger charge is 2.32. The van der Waals surface area contributed by atoms with E-state index in [0.29, 0.717) is 29.5 Å². The van der Waals surface area contributed by atoms with Crippen molar-refractivity contribution in [2.75, 3.05) is 39.0 Å². The molecule has 9 heteroatoms. The lowest BCUT2D eigenvalue weighted by Crippen LogP contribution is -2.47. The summed E-state index contributed by atoms with van der Waals surface area (Å²) >= 11 is 1.32. The Morgan fingerprint density at radius 1 is 1.16 bits per heavy atom. The molecule has 0 aliphatic carbocycles. The largest absolute Gasteiger partial charge is 0.488 e. The van der Waals surface area contributed by atoms with Crippen LogP contribution in [0.1, 0.15) is 40.9 Å². The Balaban J connectivity index is 1.22. The van der Waals surface area contributed by atoms with Crippen molar-refractivity contribution in [1.82, 2.24) is 14.8 Å². The minimum atomic E-state index is -0.374. The van der Waals surface area contributed by atoms with Gasteiger partial charge in [-0.25, -0.2) is 9.78 Å². The third-order valence-electron chi connectivity index (χ3n) is 6.24. The number of likely N-dealkylation sites (tertiary alicyclic amines) is 2. The van der Waals surface area contributed by atoms with Gasteiger partial charge in [0.25, 0.3) is 0 Å². The van der Waals surface area contributed by atoms with E-state index in [1.54, 1.807) is 6.20 Å². The number of piperidine rings is 2. The smallest absolute Gasteiger partial charge is 0.351 e. The molecule has 0 saturated carbocycles. The van der Waals surface area contributed by atoms with Gasteiger partial charge in [-0.05, 0) is 55.1 Å².